The summed E-state index contributed by atoms with van der Waals surface area (Å²) in [5, 5.41) is 9.23. The molecule has 0 aromatic heterocycles. The lowest BCUT2D eigenvalue weighted by Gasteiger charge is -2.30. The fraction of sp³-hybridized carbons (Fsp3) is 0.294. The molecule has 0 spiro atoms. The molecule has 0 heterocycles. The summed E-state index contributed by atoms with van der Waals surface area (Å²) < 4.78 is 0. The van der Waals surface area contributed by atoms with Crippen molar-refractivity contribution in [1.82, 2.24) is 0 Å². The molecular formula is C51H66O. The van der Waals surface area contributed by atoms with Crippen LogP contribution in [0.4, 0.5) is 0 Å². The third-order valence-electron chi connectivity index (χ3n) is 9.33. The molecule has 5 rings (SSSR count). The van der Waals surface area contributed by atoms with E-state index in [1.165, 1.54) is 55.6 Å². The number of allylic oxidation sites excluding steroid dienone is 2. The number of hydrogen-bond acceptors (Lipinski definition) is 1. The summed E-state index contributed by atoms with van der Waals surface area (Å²) in [6.45, 7) is 30.6. The lowest BCUT2D eigenvalue weighted by atomic mass is 9.74. The molecule has 1 N–H and O–H groups in total. The summed E-state index contributed by atoms with van der Waals surface area (Å²) in [6.07, 6.45) is 7.52. The van der Waals surface area contributed by atoms with Gasteiger partial charge in [0.25, 0.3) is 0 Å². The topological polar surface area (TPSA) is 20.2 Å². The van der Waals surface area contributed by atoms with Crippen molar-refractivity contribution in [2.24, 2.45) is 0 Å². The minimum atomic E-state index is 0. The van der Waals surface area contributed by atoms with Gasteiger partial charge < -0.3 is 5.11 Å². The van der Waals surface area contributed by atoms with Crippen LogP contribution in [0.2, 0.25) is 0 Å². The smallest absolute Gasteiger partial charge is 0.118 e. The second-order valence-corrected chi connectivity index (χ2v) is 13.6. The quantitative estimate of drug-likeness (QED) is 0.152. The maximum Gasteiger partial charge on any atom is 0.118 e. The van der Waals surface area contributed by atoms with E-state index in [1.54, 1.807) is 12.1 Å². The van der Waals surface area contributed by atoms with Gasteiger partial charge in [0, 0.05) is 5.41 Å². The highest BCUT2D eigenvalue weighted by atomic mass is 16.3. The molecule has 0 aliphatic heterocycles. The molecule has 0 aliphatic carbocycles. The average molecular weight is 695 g/mol. The van der Waals surface area contributed by atoms with Crippen LogP contribution in [0.5, 0.6) is 5.75 Å². The van der Waals surface area contributed by atoms with E-state index in [4.69, 9.17) is 0 Å². The monoisotopic (exact) mass is 695 g/mol. The number of hydrogen-bond donors (Lipinski definition) is 1. The van der Waals surface area contributed by atoms with E-state index in [0.717, 1.165) is 36.8 Å². The van der Waals surface area contributed by atoms with Crippen LogP contribution >= 0.6 is 0 Å². The van der Waals surface area contributed by atoms with Gasteiger partial charge in [0.2, 0.25) is 0 Å². The van der Waals surface area contributed by atoms with Crippen LogP contribution in [0.3, 0.4) is 0 Å². The van der Waals surface area contributed by atoms with E-state index < -0.39 is 0 Å². The van der Waals surface area contributed by atoms with Gasteiger partial charge in [-0.15, -0.1) is 6.58 Å². The maximum absolute atomic E-state index is 9.23. The molecule has 0 bridgehead atoms. The molecular weight excluding hydrogens is 629 g/mol. The van der Waals surface area contributed by atoms with Crippen molar-refractivity contribution in [3.63, 3.8) is 0 Å². The molecule has 0 aliphatic rings. The molecule has 0 fully saturated rings. The van der Waals surface area contributed by atoms with Gasteiger partial charge in [0.1, 0.15) is 5.75 Å². The van der Waals surface area contributed by atoms with Gasteiger partial charge in [-0.1, -0.05) is 186 Å². The minimum Gasteiger partial charge on any atom is -0.508 e. The number of phenolic OH excluding ortho intramolecular Hbond substituents is 1. The number of rotatable bonds is 9. The Morgan fingerprint density at radius 3 is 1.62 bits per heavy atom. The molecule has 1 nitrogen and oxygen atoms in total. The predicted octanol–water partition coefficient (Wildman–Crippen LogP) is 14.8. The molecule has 0 amide bonds. The highest BCUT2D eigenvalue weighted by Gasteiger charge is 2.26. The third-order valence-corrected chi connectivity index (χ3v) is 9.33. The number of aryl methyl sites for hydroxylation is 5. The predicted molar refractivity (Wildman–Crippen MR) is 234 cm³/mol. The van der Waals surface area contributed by atoms with Crippen molar-refractivity contribution in [2.45, 2.75) is 101 Å². The Hall–Kier alpha value is -4.88. The van der Waals surface area contributed by atoms with Gasteiger partial charge in [0.15, 0.2) is 0 Å². The largest absolute Gasteiger partial charge is 0.508 e. The van der Waals surface area contributed by atoms with Gasteiger partial charge in [0.05, 0.1) is 0 Å². The Morgan fingerprint density at radius 2 is 1.17 bits per heavy atom. The number of aromatic hydroxyl groups is 1. The maximum atomic E-state index is 9.23. The SMILES string of the molecule is C.C=CC.C=Cc1ccc(Cc2ccc(C(C)(CC)c3ccc(C)cc3)cc2)cc1C(=C)CC.CCc1cc(C)ccc1O.Cc1cccc(C)c1. The Labute approximate surface area is 318 Å². The first-order chi connectivity index (χ1) is 24.3. The van der Waals surface area contributed by atoms with Crippen LogP contribution in [0, 0.1) is 27.7 Å². The zero-order valence-corrected chi connectivity index (χ0v) is 32.9. The van der Waals surface area contributed by atoms with E-state index in [9.17, 15) is 5.11 Å². The third kappa shape index (κ3) is 13.7. The molecule has 1 heteroatoms. The van der Waals surface area contributed by atoms with Gasteiger partial charge in [-0.25, -0.2) is 0 Å². The van der Waals surface area contributed by atoms with Crippen LogP contribution in [-0.2, 0) is 18.3 Å². The van der Waals surface area contributed by atoms with Gasteiger partial charge in [-0.3, -0.25) is 0 Å². The van der Waals surface area contributed by atoms with Crippen molar-refractivity contribution < 1.29 is 5.11 Å². The van der Waals surface area contributed by atoms with E-state index in [0.29, 0.717) is 5.75 Å². The summed E-state index contributed by atoms with van der Waals surface area (Å²) in [5.41, 5.74) is 15.2. The molecule has 1 atom stereocenters. The fourth-order valence-corrected chi connectivity index (χ4v) is 5.91. The van der Waals surface area contributed by atoms with Crippen molar-refractivity contribution >= 4 is 11.6 Å². The van der Waals surface area contributed by atoms with E-state index >= 15 is 0 Å². The van der Waals surface area contributed by atoms with Crippen LogP contribution in [0.25, 0.3) is 11.6 Å². The van der Waals surface area contributed by atoms with Crippen LogP contribution in [0.15, 0.2) is 135 Å². The van der Waals surface area contributed by atoms with Crippen LogP contribution in [0.1, 0.15) is 116 Å². The van der Waals surface area contributed by atoms with Crippen molar-refractivity contribution in [3.05, 3.63) is 196 Å². The molecule has 0 saturated carbocycles. The van der Waals surface area contributed by atoms with E-state index in [2.05, 4.69) is 152 Å². The van der Waals surface area contributed by atoms with Gasteiger partial charge in [-0.05, 0) is 111 Å². The Morgan fingerprint density at radius 1 is 0.673 bits per heavy atom. The highest BCUT2D eigenvalue weighted by molar-refractivity contribution is 5.73. The summed E-state index contributed by atoms with van der Waals surface area (Å²) in [4.78, 5) is 0. The molecule has 5 aromatic carbocycles. The zero-order valence-electron chi connectivity index (χ0n) is 32.9. The molecule has 0 saturated heterocycles. The molecule has 5 aromatic rings. The minimum absolute atomic E-state index is 0. The summed E-state index contributed by atoms with van der Waals surface area (Å²) in [6, 6.07) is 38.9. The molecule has 276 valence electrons. The summed E-state index contributed by atoms with van der Waals surface area (Å²) >= 11 is 0. The second kappa shape index (κ2) is 22.8. The lowest BCUT2D eigenvalue weighted by Crippen LogP contribution is -2.22. The van der Waals surface area contributed by atoms with E-state index in [-0.39, 0.29) is 12.8 Å². The molecule has 0 radical (unpaired) electrons. The van der Waals surface area contributed by atoms with E-state index in [1.807, 2.05) is 39.0 Å². The standard InChI is InChI=1S/C30H34.C9H12O.C8H10.C3H6.CH4/c1-7-23(5)29-21-25(12-15-26(29)8-2)20-24-13-18-28(19-14-24)30(6,9-3)27-16-10-22(4)11-17-27;1-3-8-6-7(2)4-5-9(8)10;1-7-4-3-5-8(2)6-7;1-3-2;/h8,10-19,21H,2,5,7,9,20H2,1,3-4,6H3;4-6,10H,3H2,1-2H3;3-6H,1-2H3;3H,1H2,2H3;1H4. The first kappa shape index (κ1) is 45.1. The Balaban J connectivity index is 0.000000498. The van der Waals surface area contributed by atoms with Gasteiger partial charge in [-0.2, -0.15) is 0 Å². The Kier molecular flexibility index (Phi) is 19.8. The fourth-order valence-electron chi connectivity index (χ4n) is 5.91. The van der Waals surface area contributed by atoms with Crippen LogP contribution < -0.4 is 0 Å². The highest BCUT2D eigenvalue weighted by Crippen LogP contribution is 2.35. The number of phenols is 1. The Bertz CT molecular complexity index is 1800. The zero-order chi connectivity index (χ0) is 38.0. The van der Waals surface area contributed by atoms with Crippen LogP contribution in [-0.4, -0.2) is 5.11 Å². The lowest BCUT2D eigenvalue weighted by molar-refractivity contribution is 0.468. The van der Waals surface area contributed by atoms with Gasteiger partial charge >= 0.3 is 0 Å². The molecule has 52 heavy (non-hydrogen) atoms. The first-order valence-corrected chi connectivity index (χ1v) is 18.3. The first-order valence-electron chi connectivity index (χ1n) is 18.3. The van der Waals surface area contributed by atoms with Crippen molar-refractivity contribution in [1.29, 1.82) is 0 Å². The normalized spacial score (nSPS) is 11.0. The molecule has 1 unspecified atom stereocenters. The van der Waals surface area contributed by atoms with Crippen molar-refractivity contribution in [3.8, 4) is 5.75 Å². The average Bonchev–Trinajstić information content (AvgIpc) is 3.13. The summed E-state index contributed by atoms with van der Waals surface area (Å²) in [7, 11) is 0. The number of benzene rings is 5. The van der Waals surface area contributed by atoms with Crippen molar-refractivity contribution in [2.75, 3.05) is 0 Å². The second-order valence-electron chi connectivity index (χ2n) is 13.6. The summed E-state index contributed by atoms with van der Waals surface area (Å²) in [5.74, 6) is 0.410.